The Bertz CT molecular complexity index is 119. The van der Waals surface area contributed by atoms with Crippen LogP contribution in [0, 0.1) is 5.92 Å². The average Bonchev–Trinajstić information content (AvgIpc) is 1.64. The van der Waals surface area contributed by atoms with Crippen molar-refractivity contribution in [2.45, 2.75) is 13.8 Å². The fourth-order valence-corrected chi connectivity index (χ4v) is 0.247. The molecule has 0 amide bonds. The Morgan fingerprint density at radius 3 is 1.67 bits per heavy atom. The summed E-state index contributed by atoms with van der Waals surface area (Å²) in [5, 5.41) is 8.00. The number of rotatable bonds is 2. The van der Waals surface area contributed by atoms with Gasteiger partial charge < -0.3 is 5.11 Å². The van der Waals surface area contributed by atoms with E-state index in [-0.39, 0.29) is 37.7 Å². The van der Waals surface area contributed by atoms with Crippen molar-refractivity contribution in [3.8, 4) is 0 Å². The van der Waals surface area contributed by atoms with Gasteiger partial charge in [0.15, 0.2) is 0 Å². The first-order valence-electron chi connectivity index (χ1n) is 2.33. The third-order valence-corrected chi connectivity index (χ3v) is 0.735. The van der Waals surface area contributed by atoms with Crippen LogP contribution in [0.3, 0.4) is 0 Å². The summed E-state index contributed by atoms with van der Waals surface area (Å²) in [5.41, 5.74) is 0. The minimum absolute atomic E-state index is 0. The van der Waals surface area contributed by atoms with Crippen molar-refractivity contribution in [2.75, 3.05) is 0 Å². The molecule has 0 fully saturated rings. The standard InChI is InChI=1S/C5H8O3.Ca.2H/c1-3(2)4(6)5(7)8;;;/h3H,1-2H3,(H,7,8);;;. The van der Waals surface area contributed by atoms with Gasteiger partial charge in [0.25, 0.3) is 0 Å². The molecule has 50 valence electrons. The van der Waals surface area contributed by atoms with Gasteiger partial charge in [0.05, 0.1) is 0 Å². The van der Waals surface area contributed by atoms with Crippen molar-refractivity contribution >= 4 is 49.5 Å². The van der Waals surface area contributed by atoms with Gasteiger partial charge in [-0.2, -0.15) is 0 Å². The number of carbonyl (C=O) groups is 2. The Morgan fingerprint density at radius 2 is 1.67 bits per heavy atom. The quantitative estimate of drug-likeness (QED) is 0.430. The molecule has 0 rings (SSSR count). The van der Waals surface area contributed by atoms with Crippen molar-refractivity contribution in [3.05, 3.63) is 0 Å². The van der Waals surface area contributed by atoms with Crippen LogP contribution in [-0.2, 0) is 9.59 Å². The topological polar surface area (TPSA) is 54.4 Å². The van der Waals surface area contributed by atoms with E-state index in [1.54, 1.807) is 13.8 Å². The van der Waals surface area contributed by atoms with Crippen LogP contribution in [0.15, 0.2) is 0 Å². The van der Waals surface area contributed by atoms with Crippen molar-refractivity contribution in [1.29, 1.82) is 0 Å². The molecule has 0 aromatic heterocycles. The Kier molecular flexibility index (Phi) is 7.01. The molecule has 0 heterocycles. The van der Waals surface area contributed by atoms with Gasteiger partial charge >= 0.3 is 43.7 Å². The number of Topliss-reactive ketones (excluding diaryl/α,β-unsaturated/α-hetero) is 1. The Balaban J connectivity index is 0. The van der Waals surface area contributed by atoms with E-state index in [1.807, 2.05) is 0 Å². The SMILES string of the molecule is CC(C)C(=O)C(=O)O.[CaH2]. The van der Waals surface area contributed by atoms with E-state index in [2.05, 4.69) is 0 Å². The summed E-state index contributed by atoms with van der Waals surface area (Å²) in [5.74, 6) is -2.47. The summed E-state index contributed by atoms with van der Waals surface area (Å²) >= 11 is 0. The monoisotopic (exact) mass is 158 g/mol. The van der Waals surface area contributed by atoms with Crippen molar-refractivity contribution in [2.24, 2.45) is 5.92 Å². The predicted octanol–water partition coefficient (Wildman–Crippen LogP) is -0.620. The van der Waals surface area contributed by atoms with E-state index in [4.69, 9.17) is 5.11 Å². The first-order chi connectivity index (χ1) is 3.55. The Morgan fingerprint density at radius 1 is 1.33 bits per heavy atom. The zero-order valence-corrected chi connectivity index (χ0v) is 4.84. The van der Waals surface area contributed by atoms with Crippen molar-refractivity contribution < 1.29 is 14.7 Å². The summed E-state index contributed by atoms with van der Waals surface area (Å²) in [7, 11) is 0. The summed E-state index contributed by atoms with van der Waals surface area (Å²) in [6.07, 6.45) is 0. The average molecular weight is 158 g/mol. The summed E-state index contributed by atoms with van der Waals surface area (Å²) in [4.78, 5) is 20.0. The normalized spacial score (nSPS) is 8.33. The van der Waals surface area contributed by atoms with E-state index in [9.17, 15) is 9.59 Å². The fraction of sp³-hybridized carbons (Fsp3) is 0.600. The molecular formula is C5H10CaO3. The van der Waals surface area contributed by atoms with E-state index < -0.39 is 17.7 Å². The number of hydrogen-bond acceptors (Lipinski definition) is 2. The van der Waals surface area contributed by atoms with Crippen molar-refractivity contribution in [3.63, 3.8) is 0 Å². The molecule has 0 aliphatic rings. The number of carbonyl (C=O) groups excluding carboxylic acids is 1. The second-order valence-corrected chi connectivity index (χ2v) is 1.82. The molecule has 0 aromatic rings. The molecule has 0 atom stereocenters. The number of ketones is 1. The molecule has 0 aromatic carbocycles. The van der Waals surface area contributed by atoms with Gasteiger partial charge in [0, 0.05) is 5.92 Å². The zero-order valence-electron chi connectivity index (χ0n) is 4.84. The third-order valence-electron chi connectivity index (χ3n) is 0.735. The first kappa shape index (κ1) is 12.1. The number of carboxylic acid groups (broad SMARTS) is 1. The van der Waals surface area contributed by atoms with Gasteiger partial charge in [0.2, 0.25) is 5.78 Å². The fourth-order valence-electron chi connectivity index (χ4n) is 0.247. The van der Waals surface area contributed by atoms with Crippen LogP contribution in [-0.4, -0.2) is 54.6 Å². The molecule has 0 aliphatic carbocycles. The van der Waals surface area contributed by atoms with Crippen molar-refractivity contribution in [1.82, 2.24) is 0 Å². The molecule has 0 aliphatic heterocycles. The maximum atomic E-state index is 10.2. The Hall–Kier alpha value is 0.400. The summed E-state index contributed by atoms with van der Waals surface area (Å²) in [6.45, 7) is 3.10. The third kappa shape index (κ3) is 4.88. The molecule has 0 spiro atoms. The molecule has 0 radical (unpaired) electrons. The van der Waals surface area contributed by atoms with E-state index >= 15 is 0 Å². The van der Waals surface area contributed by atoms with Gasteiger partial charge in [-0.15, -0.1) is 0 Å². The molecular weight excluding hydrogens is 148 g/mol. The molecule has 1 N–H and O–H groups in total. The molecule has 0 saturated carbocycles. The van der Waals surface area contributed by atoms with Gasteiger partial charge in [-0.05, 0) is 0 Å². The van der Waals surface area contributed by atoms with E-state index in [1.165, 1.54) is 0 Å². The predicted molar refractivity (Wildman–Crippen MR) is 36.0 cm³/mol. The van der Waals surface area contributed by atoms with Gasteiger partial charge in [-0.3, -0.25) is 4.79 Å². The van der Waals surface area contributed by atoms with Gasteiger partial charge in [-0.25, -0.2) is 4.79 Å². The molecule has 0 bridgehead atoms. The van der Waals surface area contributed by atoms with Gasteiger partial charge in [-0.1, -0.05) is 13.8 Å². The molecule has 0 unspecified atom stereocenters. The van der Waals surface area contributed by atoms with Crippen LogP contribution < -0.4 is 0 Å². The van der Waals surface area contributed by atoms with Gasteiger partial charge in [0.1, 0.15) is 0 Å². The first-order valence-corrected chi connectivity index (χ1v) is 2.33. The minimum atomic E-state index is -1.35. The Labute approximate surface area is 83.4 Å². The van der Waals surface area contributed by atoms with E-state index in [0.29, 0.717) is 0 Å². The second-order valence-electron chi connectivity index (χ2n) is 1.82. The van der Waals surface area contributed by atoms with Crippen LogP contribution in [0.2, 0.25) is 0 Å². The summed E-state index contributed by atoms with van der Waals surface area (Å²) in [6, 6.07) is 0. The molecule has 4 heteroatoms. The van der Waals surface area contributed by atoms with E-state index in [0.717, 1.165) is 0 Å². The molecule has 3 nitrogen and oxygen atoms in total. The maximum absolute atomic E-state index is 10.2. The number of aliphatic carboxylic acids is 1. The van der Waals surface area contributed by atoms with Crippen LogP contribution in [0.5, 0.6) is 0 Å². The number of hydrogen-bond donors (Lipinski definition) is 1. The van der Waals surface area contributed by atoms with Crippen LogP contribution >= 0.6 is 0 Å². The number of carboxylic acids is 1. The van der Waals surface area contributed by atoms with Crippen LogP contribution in [0.4, 0.5) is 0 Å². The zero-order chi connectivity index (χ0) is 6.73. The van der Waals surface area contributed by atoms with Crippen LogP contribution in [0.25, 0.3) is 0 Å². The molecule has 0 saturated heterocycles. The molecule has 9 heavy (non-hydrogen) atoms. The summed E-state index contributed by atoms with van der Waals surface area (Å²) < 4.78 is 0. The van der Waals surface area contributed by atoms with Crippen LogP contribution in [0.1, 0.15) is 13.8 Å². The second kappa shape index (κ2) is 5.21.